The van der Waals surface area contributed by atoms with Crippen LogP contribution in [0.4, 0.5) is 0 Å². The van der Waals surface area contributed by atoms with Crippen LogP contribution in [0.1, 0.15) is 316 Å². The molecule has 19 rings (SSSR count). The normalized spacial score (nSPS) is 13.7. The van der Waals surface area contributed by atoms with Gasteiger partial charge in [-0.15, -0.1) is 11.3 Å². The molecule has 1 aromatic carbocycles. The van der Waals surface area contributed by atoms with Crippen molar-refractivity contribution in [1.29, 1.82) is 0 Å². The van der Waals surface area contributed by atoms with Gasteiger partial charge in [0.1, 0.15) is 23.1 Å². The van der Waals surface area contributed by atoms with Crippen LogP contribution in [0.25, 0.3) is 32.8 Å². The first-order valence-corrected chi connectivity index (χ1v) is 43.6. The first-order valence-electron chi connectivity index (χ1n) is 42.8. The van der Waals surface area contributed by atoms with Crippen molar-refractivity contribution >= 4 is 44.1 Å². The Hall–Kier alpha value is -9.98. The van der Waals surface area contributed by atoms with E-state index in [0.29, 0.717) is 53.3 Å². The number of hydrogen-bond acceptors (Lipinski definition) is 16. The number of hydrogen-bond donors (Lipinski definition) is 5. The summed E-state index contributed by atoms with van der Waals surface area (Å²) in [5.74, 6) is 9.98. The summed E-state index contributed by atoms with van der Waals surface area (Å²) in [7, 11) is 0. The van der Waals surface area contributed by atoms with Gasteiger partial charge in [-0.3, -0.25) is 14.6 Å². The number of thiazole rings is 1. The number of pyridine rings is 2. The van der Waals surface area contributed by atoms with E-state index in [1.807, 2.05) is 95.3 Å². The lowest BCUT2D eigenvalue weighted by Crippen LogP contribution is -2.27. The van der Waals surface area contributed by atoms with E-state index >= 15 is 0 Å². The number of ether oxygens (including phenoxy) is 2. The number of H-pyrrole nitrogens is 4. The molecule has 1 aliphatic carbocycles. The van der Waals surface area contributed by atoms with Crippen LogP contribution in [0.5, 0.6) is 5.88 Å². The molecule has 13 aromatic heterocycles. The summed E-state index contributed by atoms with van der Waals surface area (Å²) in [4.78, 5) is 37.8. The Labute approximate surface area is 698 Å². The maximum atomic E-state index is 5.45. The van der Waals surface area contributed by atoms with Gasteiger partial charge in [0.15, 0.2) is 10.6 Å². The second-order valence-electron chi connectivity index (χ2n) is 33.7. The molecule has 5 N–H and O–H groups in total. The van der Waals surface area contributed by atoms with Crippen LogP contribution in [0.3, 0.4) is 0 Å². The van der Waals surface area contributed by atoms with E-state index in [9.17, 15) is 0 Å². The molecule has 0 saturated heterocycles. The Morgan fingerprint density at radius 2 is 1.09 bits per heavy atom. The van der Waals surface area contributed by atoms with Gasteiger partial charge in [-0.25, -0.2) is 39.6 Å². The van der Waals surface area contributed by atoms with Gasteiger partial charge >= 0.3 is 0 Å². The monoisotopic (exact) mass is 1610 g/mol. The molecule has 0 unspecified atom stereocenters. The van der Waals surface area contributed by atoms with Crippen LogP contribution in [-0.4, -0.2) is 123 Å². The van der Waals surface area contributed by atoms with Crippen LogP contribution in [-0.2, 0) is 63.2 Å². The maximum absolute atomic E-state index is 5.45. The van der Waals surface area contributed by atoms with E-state index in [1.165, 1.54) is 114 Å². The van der Waals surface area contributed by atoms with Gasteiger partial charge in [-0.1, -0.05) is 164 Å². The number of nitrogens with one attached hydrogen (secondary N) is 5. The summed E-state index contributed by atoms with van der Waals surface area (Å²) in [6.07, 6.45) is 28.7. The van der Waals surface area contributed by atoms with Gasteiger partial charge in [0.05, 0.1) is 94.8 Å². The average Bonchev–Trinajstić information content (AvgIpc) is 1.66. The number of para-hydroxylation sites is 2. The molecule has 0 amide bonds. The largest absolute Gasteiger partial charge is 0.478 e. The van der Waals surface area contributed by atoms with Crippen molar-refractivity contribution in [3.05, 3.63) is 220 Å². The van der Waals surface area contributed by atoms with E-state index in [1.54, 1.807) is 30.1 Å². The van der Waals surface area contributed by atoms with Crippen molar-refractivity contribution in [3.63, 3.8) is 0 Å². The molecule has 630 valence electrons. The van der Waals surface area contributed by atoms with Crippen molar-refractivity contribution in [2.75, 3.05) is 19.8 Å². The van der Waals surface area contributed by atoms with Crippen molar-refractivity contribution < 1.29 is 9.47 Å². The fourth-order valence-electron chi connectivity index (χ4n) is 13.1. The summed E-state index contributed by atoms with van der Waals surface area (Å²) in [5.41, 5.74) is 19.9. The van der Waals surface area contributed by atoms with E-state index < -0.39 is 0 Å². The number of aryl methyl sites for hydroxylation is 4. The molecule has 0 bridgehead atoms. The number of aromatic nitrogens is 21. The fourth-order valence-corrected chi connectivity index (χ4v) is 13.8. The summed E-state index contributed by atoms with van der Waals surface area (Å²) in [6.45, 7) is 53.0. The van der Waals surface area contributed by atoms with E-state index in [0.717, 1.165) is 126 Å². The summed E-state index contributed by atoms with van der Waals surface area (Å²) < 4.78 is 21.5. The minimum atomic E-state index is 0.470. The Kier molecular flexibility index (Phi) is 35.5. The quantitative estimate of drug-likeness (QED) is 0.0899. The van der Waals surface area contributed by atoms with Crippen LogP contribution in [0.15, 0.2) is 134 Å². The Bertz CT molecular complexity index is 4660. The predicted molar refractivity (Wildman–Crippen MR) is 476 cm³/mol. The molecular formula is C92H134N22O2S. The van der Waals surface area contributed by atoms with E-state index in [-0.39, 0.29) is 0 Å². The molecule has 17 heterocycles. The topological polar surface area (TPSA) is 272 Å². The highest BCUT2D eigenvalue weighted by Gasteiger charge is 2.22. The number of benzene rings is 1. The molecule has 0 spiro atoms. The third-order valence-electron chi connectivity index (χ3n) is 19.8. The van der Waals surface area contributed by atoms with E-state index in [2.05, 4.69) is 274 Å². The van der Waals surface area contributed by atoms with Gasteiger partial charge in [-0.05, 0) is 146 Å². The molecule has 14 aromatic rings. The lowest BCUT2D eigenvalue weighted by atomic mass is 9.93. The molecule has 5 aliphatic rings. The minimum absolute atomic E-state index is 0.470. The zero-order chi connectivity index (χ0) is 84.1. The SMILES string of the molecule is CC(C)C.CC(C)c1cc2n(n1)CCCO2.CC(C)c1cccnn1.CC(C)c1cn2c(n1)CCCC2.CC(C)c1cn2c(n1)CNCC2.CC(C)c1cn2ccccc2n1.CC(C)c1cn2ccsc2n1.CC(C)c1n[nH]c2c1CCCC2.CC(C)c1n[nH]c2c1COCC2.CC(C)c1nc2ccccc2[nH]1.c1cnc2nc[nH]c2c1. The first-order chi connectivity index (χ1) is 56.2. The summed E-state index contributed by atoms with van der Waals surface area (Å²) in [5, 5.41) is 32.4. The summed E-state index contributed by atoms with van der Waals surface area (Å²) >= 11 is 1.68. The first kappa shape index (κ1) is 90.9. The second kappa shape index (κ2) is 45.7. The molecule has 0 atom stereocenters. The maximum Gasteiger partial charge on any atom is 0.211 e. The highest BCUT2D eigenvalue weighted by Crippen LogP contribution is 2.29. The van der Waals surface area contributed by atoms with Gasteiger partial charge < -0.3 is 38.3 Å². The molecule has 0 radical (unpaired) electrons. The fraction of sp³-hybridized carbons (Fsp3) is 0.522. The Balaban J connectivity index is 0.000000148. The van der Waals surface area contributed by atoms with Crippen LogP contribution < -0.4 is 10.1 Å². The van der Waals surface area contributed by atoms with Crippen molar-refractivity contribution in [2.24, 2.45) is 5.92 Å². The average molecular weight is 1610 g/mol. The van der Waals surface area contributed by atoms with Gasteiger partial charge in [0.2, 0.25) is 5.88 Å². The van der Waals surface area contributed by atoms with Crippen molar-refractivity contribution in [2.45, 2.75) is 289 Å². The molecule has 25 heteroatoms. The van der Waals surface area contributed by atoms with Gasteiger partial charge in [0, 0.05) is 129 Å². The molecule has 4 aliphatic heterocycles. The van der Waals surface area contributed by atoms with Crippen molar-refractivity contribution in [1.82, 2.24) is 108 Å². The molecule has 0 saturated carbocycles. The highest BCUT2D eigenvalue weighted by molar-refractivity contribution is 7.15. The van der Waals surface area contributed by atoms with Crippen LogP contribution in [0, 0.1) is 5.92 Å². The Morgan fingerprint density at radius 1 is 0.479 bits per heavy atom. The van der Waals surface area contributed by atoms with E-state index in [4.69, 9.17) is 9.47 Å². The van der Waals surface area contributed by atoms with Gasteiger partial charge in [-0.2, -0.15) is 25.5 Å². The smallest absolute Gasteiger partial charge is 0.211 e. The highest BCUT2D eigenvalue weighted by atomic mass is 32.1. The standard InChI is InChI=1S/C10H16N2.2C10H12N2.C10H16N2.C9H15N3.2C9H14N2O.C8H10N2S.C7H10N2.C6H5N3.C4H10/c2*1-8(2)9-7-12-6-4-3-5-10(12)11-9;1-7(2)10-11-8-5-3-4-6-9(8)12-10;1-7(2)10-8-5-3-4-6-9(8)11-12-10;1-7(2)8-6-12-4-3-10-5-9(12)11-8;1-6(2)9-7-5-12-4-3-8(7)10-11-9;1-7(2)8-6-9-11(10-8)4-3-5-12-9;1-6(2)7-5-10-3-4-11-8(10)9-7;1-6(2)7-4-3-5-8-9-7;1-2-5-6(7-3-1)9-4-8-5;1-4(2)3/h7-8H,3-6H2,1-2H3;3-8H,1-2H3;3-7H,1-2H3,(H,11,12);7H,3-6H2,1-2H3,(H,11,12);6-7,10H,3-5H2,1-2H3;6H,3-5H2,1-2H3,(H,10,11);6-7H,3-5H2,1-2H3;3-6H,1-2H3;3-6H,1-2H3;1-4H,(H,7,8,9);4H,1-3H3. The van der Waals surface area contributed by atoms with Gasteiger partial charge in [0.25, 0.3) is 0 Å². The molecule has 24 nitrogen and oxygen atoms in total. The third kappa shape index (κ3) is 27.6. The van der Waals surface area contributed by atoms with Crippen molar-refractivity contribution in [3.8, 4) is 5.88 Å². The zero-order valence-corrected chi connectivity index (χ0v) is 74.6. The number of aromatic amines is 4. The summed E-state index contributed by atoms with van der Waals surface area (Å²) in [6, 6.07) is 23.9. The second-order valence-corrected chi connectivity index (χ2v) is 34.6. The number of imidazole rings is 6. The van der Waals surface area contributed by atoms with Crippen LogP contribution in [0.2, 0.25) is 0 Å². The lowest BCUT2D eigenvalue weighted by molar-refractivity contribution is 0.109. The third-order valence-corrected chi connectivity index (χ3v) is 20.6. The number of nitrogens with zero attached hydrogens (tertiary/aromatic N) is 17. The zero-order valence-electron chi connectivity index (χ0n) is 73.8. The van der Waals surface area contributed by atoms with Crippen LogP contribution >= 0.6 is 11.3 Å². The molecule has 117 heavy (non-hydrogen) atoms. The number of fused-ring (bicyclic) bond motifs is 9. The molecule has 0 fully saturated rings. The predicted octanol–water partition coefficient (Wildman–Crippen LogP) is 21.1. The Morgan fingerprint density at radius 3 is 1.71 bits per heavy atom. The number of rotatable bonds is 9. The minimum Gasteiger partial charge on any atom is -0.478 e. The lowest BCUT2D eigenvalue weighted by Gasteiger charge is -2.13. The molecular weight excluding hydrogens is 1480 g/mol.